The van der Waals surface area contributed by atoms with Crippen LogP contribution in [0.15, 0.2) is 0 Å². The van der Waals surface area contributed by atoms with Crippen molar-refractivity contribution in [3.05, 3.63) is 0 Å². The summed E-state index contributed by atoms with van der Waals surface area (Å²) in [6.07, 6.45) is 16.0. The first-order chi connectivity index (χ1) is 22.1. The molecule has 0 unspecified atom stereocenters. The molecule has 8 N–H and O–H groups in total. The van der Waals surface area contributed by atoms with E-state index >= 15 is 0 Å². The average Bonchev–Trinajstić information content (AvgIpc) is 2.95. The lowest BCUT2D eigenvalue weighted by Gasteiger charge is -2.57. The van der Waals surface area contributed by atoms with Gasteiger partial charge in [-0.25, -0.2) is 9.59 Å². The molecule has 12 heteroatoms. The number of amides is 4. The zero-order valence-electron chi connectivity index (χ0n) is 27.8. The van der Waals surface area contributed by atoms with Gasteiger partial charge in [0.05, 0.1) is 0 Å². The predicted octanol–water partition coefficient (Wildman–Crippen LogP) is 3.13. The molecule has 9 fully saturated rings. The summed E-state index contributed by atoms with van der Waals surface area (Å²) in [5.41, 5.74) is 11.6. The molecule has 0 aromatic heterocycles. The van der Waals surface area contributed by atoms with Crippen LogP contribution in [0.3, 0.4) is 0 Å². The van der Waals surface area contributed by atoms with Gasteiger partial charge in [0.25, 0.3) is 0 Å². The summed E-state index contributed by atoms with van der Waals surface area (Å²) in [6.45, 7) is 6.44. The normalized spacial score (nSPS) is 37.7. The highest BCUT2D eigenvalue weighted by Gasteiger charge is 2.53. The largest absolute Gasteiger partial charge is 0.370 e. The van der Waals surface area contributed by atoms with Gasteiger partial charge >= 0.3 is 12.1 Å². The van der Waals surface area contributed by atoms with E-state index in [1.807, 2.05) is 0 Å². The van der Waals surface area contributed by atoms with Crippen molar-refractivity contribution in [1.82, 2.24) is 30.2 Å². The molecule has 0 spiro atoms. The van der Waals surface area contributed by atoms with Gasteiger partial charge < -0.3 is 31.9 Å². The van der Waals surface area contributed by atoms with Crippen molar-refractivity contribution >= 4 is 24.0 Å². The predicted molar refractivity (Wildman–Crippen MR) is 178 cm³/mol. The van der Waals surface area contributed by atoms with Crippen LogP contribution in [0.5, 0.6) is 0 Å². The van der Waals surface area contributed by atoms with E-state index in [0.717, 1.165) is 126 Å². The SMILES string of the molecule is N=C(N)N(CCCN1CCN(CCCN(C(=N)N)C(=O)NC23CC4CC(CC(C4)C2)C3)CC1)C(=O)NC12CC3CC(CC(C3)C1)C2. The number of hydrogen-bond acceptors (Lipinski definition) is 6. The summed E-state index contributed by atoms with van der Waals surface area (Å²) >= 11 is 0. The van der Waals surface area contributed by atoms with E-state index in [4.69, 9.17) is 22.3 Å². The Kier molecular flexibility index (Phi) is 8.88. The molecule has 4 amide bonds. The summed E-state index contributed by atoms with van der Waals surface area (Å²) in [4.78, 5) is 34.3. The van der Waals surface area contributed by atoms with E-state index < -0.39 is 0 Å². The van der Waals surface area contributed by atoms with Crippen molar-refractivity contribution in [3.8, 4) is 0 Å². The molecule has 8 bridgehead atoms. The van der Waals surface area contributed by atoms with Gasteiger partial charge in [0.15, 0.2) is 11.9 Å². The molecular weight excluding hydrogens is 580 g/mol. The second kappa shape index (κ2) is 12.8. The monoisotopic (exact) mass is 638 g/mol. The lowest BCUT2D eigenvalue weighted by atomic mass is 9.53. The van der Waals surface area contributed by atoms with Crippen molar-refractivity contribution in [1.29, 1.82) is 10.8 Å². The molecule has 1 aliphatic heterocycles. The van der Waals surface area contributed by atoms with Gasteiger partial charge in [-0.2, -0.15) is 0 Å². The van der Waals surface area contributed by atoms with Crippen molar-refractivity contribution in [2.75, 3.05) is 52.4 Å². The van der Waals surface area contributed by atoms with E-state index in [2.05, 4.69) is 20.4 Å². The summed E-state index contributed by atoms with van der Waals surface area (Å²) in [5, 5.41) is 22.9. The Hall–Kier alpha value is -2.60. The van der Waals surface area contributed by atoms with Crippen LogP contribution in [-0.4, -0.2) is 107 Å². The smallest absolute Gasteiger partial charge is 0.324 e. The minimum Gasteiger partial charge on any atom is -0.370 e. The fourth-order valence-electron chi connectivity index (χ4n) is 11.9. The Morgan fingerprint density at radius 3 is 1.13 bits per heavy atom. The molecule has 0 aromatic carbocycles. The Labute approximate surface area is 274 Å². The first kappa shape index (κ1) is 32.0. The maximum atomic E-state index is 13.3. The highest BCUT2D eigenvalue weighted by atomic mass is 16.2. The number of rotatable bonds is 10. The van der Waals surface area contributed by atoms with E-state index in [1.165, 1.54) is 48.3 Å². The maximum absolute atomic E-state index is 13.3. The second-order valence-corrected chi connectivity index (χ2v) is 16.7. The molecule has 0 radical (unpaired) electrons. The molecular formula is C34H58N10O2. The third-order valence-electron chi connectivity index (χ3n) is 13.1. The fourth-order valence-corrected chi connectivity index (χ4v) is 11.9. The minimum atomic E-state index is -0.189. The quantitative estimate of drug-likeness (QED) is 0.159. The Balaban J connectivity index is 0.806. The highest BCUT2D eigenvalue weighted by Crippen LogP contribution is 2.56. The number of hydrogen-bond donors (Lipinski definition) is 6. The molecule has 9 aliphatic rings. The van der Waals surface area contributed by atoms with Crippen LogP contribution in [0, 0.1) is 46.3 Å². The van der Waals surface area contributed by atoms with Crippen LogP contribution in [0.2, 0.25) is 0 Å². The molecule has 12 nitrogen and oxygen atoms in total. The average molecular weight is 639 g/mol. The van der Waals surface area contributed by atoms with Crippen LogP contribution >= 0.6 is 0 Å². The summed E-state index contributed by atoms with van der Waals surface area (Å²) in [6, 6.07) is -0.379. The van der Waals surface area contributed by atoms with Crippen LogP contribution < -0.4 is 22.1 Å². The summed E-state index contributed by atoms with van der Waals surface area (Å²) in [5.74, 6) is 4.16. The molecule has 1 saturated heterocycles. The van der Waals surface area contributed by atoms with Crippen molar-refractivity contribution in [2.24, 2.45) is 47.0 Å². The Morgan fingerprint density at radius 1 is 0.587 bits per heavy atom. The van der Waals surface area contributed by atoms with E-state index in [9.17, 15) is 9.59 Å². The van der Waals surface area contributed by atoms with Crippen LogP contribution in [0.1, 0.15) is 89.9 Å². The molecule has 0 aromatic rings. The number of guanidine groups is 2. The van der Waals surface area contributed by atoms with Crippen molar-refractivity contribution in [3.63, 3.8) is 0 Å². The molecule has 9 rings (SSSR count). The van der Waals surface area contributed by atoms with Crippen LogP contribution in [0.4, 0.5) is 9.59 Å². The van der Waals surface area contributed by atoms with Gasteiger partial charge in [0.2, 0.25) is 0 Å². The fraction of sp³-hybridized carbons (Fsp3) is 0.882. The molecule has 46 heavy (non-hydrogen) atoms. The lowest BCUT2D eigenvalue weighted by molar-refractivity contribution is -0.0151. The van der Waals surface area contributed by atoms with E-state index in [1.54, 1.807) is 0 Å². The van der Waals surface area contributed by atoms with Crippen molar-refractivity contribution < 1.29 is 9.59 Å². The Bertz CT molecular complexity index is 1020. The van der Waals surface area contributed by atoms with Crippen LogP contribution in [0.25, 0.3) is 0 Å². The zero-order chi connectivity index (χ0) is 32.1. The molecule has 256 valence electrons. The van der Waals surface area contributed by atoms with E-state index in [0.29, 0.717) is 13.1 Å². The highest BCUT2D eigenvalue weighted by molar-refractivity contribution is 5.94. The van der Waals surface area contributed by atoms with Gasteiger partial charge in [-0.3, -0.25) is 20.6 Å². The molecule has 8 saturated carbocycles. The van der Waals surface area contributed by atoms with Gasteiger partial charge in [-0.05, 0) is 138 Å². The maximum Gasteiger partial charge on any atom is 0.324 e. The van der Waals surface area contributed by atoms with Gasteiger partial charge in [0, 0.05) is 50.3 Å². The van der Waals surface area contributed by atoms with Gasteiger partial charge in [0.1, 0.15) is 0 Å². The first-order valence-corrected chi connectivity index (χ1v) is 18.4. The van der Waals surface area contributed by atoms with Gasteiger partial charge in [-0.15, -0.1) is 0 Å². The first-order valence-electron chi connectivity index (χ1n) is 18.4. The standard InChI is InChI=1S/C34H58N10O2/c35-29(36)43(31(45)39-33-17-23-11-24(18-33)13-25(12-23)19-33)5-1-3-41-7-9-42(10-8-41)4-2-6-44(30(37)38)32(46)40-34-20-26-14-27(21-34)16-28(15-26)22-34/h23-28H,1-22H2,(H3,35,36)(H3,37,38)(H,39,45)(H,40,46). The topological polar surface area (TPSA) is 171 Å². The number of nitrogens with two attached hydrogens (primary N) is 2. The van der Waals surface area contributed by atoms with Gasteiger partial charge in [-0.1, -0.05) is 0 Å². The number of carbonyl (C=O) groups excluding carboxylic acids is 2. The molecule has 1 heterocycles. The lowest BCUT2D eigenvalue weighted by Crippen LogP contribution is -2.63. The third-order valence-corrected chi connectivity index (χ3v) is 13.1. The molecule has 8 aliphatic carbocycles. The summed E-state index contributed by atoms with van der Waals surface area (Å²) in [7, 11) is 0. The zero-order valence-corrected chi connectivity index (χ0v) is 27.8. The van der Waals surface area contributed by atoms with E-state index in [-0.39, 0.29) is 35.1 Å². The second-order valence-electron chi connectivity index (χ2n) is 16.7. The Morgan fingerprint density at radius 2 is 0.870 bits per heavy atom. The minimum absolute atomic E-state index is 0.0878. The number of nitrogens with zero attached hydrogens (tertiary/aromatic N) is 4. The molecule has 0 atom stereocenters. The van der Waals surface area contributed by atoms with Crippen LogP contribution in [-0.2, 0) is 0 Å². The number of carbonyl (C=O) groups is 2. The summed E-state index contributed by atoms with van der Waals surface area (Å²) < 4.78 is 0. The van der Waals surface area contributed by atoms with Crippen molar-refractivity contribution in [2.45, 2.75) is 101 Å². The number of nitrogens with one attached hydrogen (secondary N) is 4. The number of urea groups is 2. The number of piperazine rings is 1. The third kappa shape index (κ3) is 6.84.